The Labute approximate surface area is 594 Å². The monoisotopic (exact) mass is 1420 g/mol. The van der Waals surface area contributed by atoms with Crippen LogP contribution >= 0.6 is 15.6 Å². The summed E-state index contributed by atoms with van der Waals surface area (Å²) in [4.78, 5) is 73.0. The quantitative estimate of drug-likeness (QED) is 0.0222. The van der Waals surface area contributed by atoms with Gasteiger partial charge in [-0.3, -0.25) is 37.3 Å². The molecule has 3 N–H and O–H groups in total. The van der Waals surface area contributed by atoms with Gasteiger partial charge in [0, 0.05) is 25.7 Å². The van der Waals surface area contributed by atoms with Crippen molar-refractivity contribution in [3.05, 3.63) is 0 Å². The number of phosphoric ester groups is 2. The van der Waals surface area contributed by atoms with Gasteiger partial charge < -0.3 is 33.8 Å². The Kier molecular flexibility index (Phi) is 69.6. The largest absolute Gasteiger partial charge is 0.472 e. The molecule has 0 aliphatic rings. The van der Waals surface area contributed by atoms with E-state index in [1.165, 1.54) is 238 Å². The van der Waals surface area contributed by atoms with E-state index in [9.17, 15) is 43.2 Å². The number of unbranched alkanes of at least 4 members (excludes halogenated alkanes) is 50. The number of carbonyl (C=O) groups is 4. The molecule has 0 rings (SSSR count). The molecule has 0 amide bonds. The van der Waals surface area contributed by atoms with Crippen molar-refractivity contribution < 1.29 is 80.2 Å². The fourth-order valence-electron chi connectivity index (χ4n) is 12.1. The van der Waals surface area contributed by atoms with E-state index >= 15 is 0 Å². The lowest BCUT2D eigenvalue weighted by molar-refractivity contribution is -0.161. The molecule has 5 atom stereocenters. The molecule has 0 heterocycles. The van der Waals surface area contributed by atoms with Crippen LogP contribution in [0.1, 0.15) is 413 Å². The van der Waals surface area contributed by atoms with Crippen LogP contribution < -0.4 is 0 Å². The van der Waals surface area contributed by atoms with Crippen LogP contribution in [0.25, 0.3) is 0 Å². The zero-order chi connectivity index (χ0) is 71.2. The summed E-state index contributed by atoms with van der Waals surface area (Å²) in [6.45, 7) is 7.32. The molecule has 0 aromatic rings. The lowest BCUT2D eigenvalue weighted by atomic mass is 10.0. The Bertz CT molecular complexity index is 1860. The first kappa shape index (κ1) is 95.1. The number of aliphatic hydroxyl groups is 1. The first-order chi connectivity index (χ1) is 47.0. The van der Waals surface area contributed by atoms with Gasteiger partial charge in [0.2, 0.25) is 0 Å². The van der Waals surface area contributed by atoms with Crippen LogP contribution in [0, 0.1) is 5.92 Å². The van der Waals surface area contributed by atoms with Crippen LogP contribution in [0.15, 0.2) is 0 Å². The van der Waals surface area contributed by atoms with Gasteiger partial charge >= 0.3 is 39.5 Å². The minimum Gasteiger partial charge on any atom is -0.462 e. The second kappa shape index (κ2) is 71.1. The average molecular weight is 1420 g/mol. The van der Waals surface area contributed by atoms with E-state index in [4.69, 9.17) is 37.0 Å². The third-order valence-corrected chi connectivity index (χ3v) is 20.2. The van der Waals surface area contributed by atoms with E-state index < -0.39 is 97.5 Å². The molecule has 19 heteroatoms. The average Bonchev–Trinajstić information content (AvgIpc) is 1.35. The summed E-state index contributed by atoms with van der Waals surface area (Å²) >= 11 is 0. The maximum atomic E-state index is 13.1. The number of esters is 4. The minimum absolute atomic E-state index is 0.108. The molecule has 0 bridgehead atoms. The topological polar surface area (TPSA) is 237 Å². The van der Waals surface area contributed by atoms with E-state index in [-0.39, 0.29) is 25.7 Å². The van der Waals surface area contributed by atoms with Gasteiger partial charge in [-0.25, -0.2) is 9.13 Å². The van der Waals surface area contributed by atoms with E-state index in [2.05, 4.69) is 34.6 Å². The summed E-state index contributed by atoms with van der Waals surface area (Å²) < 4.78 is 68.7. The molecule has 0 aromatic carbocycles. The summed E-state index contributed by atoms with van der Waals surface area (Å²) in [5, 5.41) is 10.6. The molecule has 0 spiro atoms. The van der Waals surface area contributed by atoms with E-state index in [1.807, 2.05) is 0 Å². The van der Waals surface area contributed by atoms with Crippen LogP contribution in [0.5, 0.6) is 0 Å². The van der Waals surface area contributed by atoms with Gasteiger partial charge in [0.1, 0.15) is 19.3 Å². The number of hydrogen-bond donors (Lipinski definition) is 3. The zero-order valence-corrected chi connectivity index (χ0v) is 65.0. The summed E-state index contributed by atoms with van der Waals surface area (Å²) in [7, 11) is -9.91. The van der Waals surface area contributed by atoms with Crippen molar-refractivity contribution >= 4 is 39.5 Å². The van der Waals surface area contributed by atoms with Crippen molar-refractivity contribution in [2.75, 3.05) is 39.6 Å². The van der Waals surface area contributed by atoms with Gasteiger partial charge in [-0.2, -0.15) is 0 Å². The molecule has 576 valence electrons. The number of rotatable bonds is 78. The van der Waals surface area contributed by atoms with Crippen molar-refractivity contribution in [2.45, 2.75) is 432 Å². The number of hydrogen-bond acceptors (Lipinski definition) is 15. The third-order valence-electron chi connectivity index (χ3n) is 18.3. The molecule has 2 unspecified atom stereocenters. The first-order valence-corrected chi connectivity index (χ1v) is 43.6. The van der Waals surface area contributed by atoms with Crippen molar-refractivity contribution in [3.63, 3.8) is 0 Å². The summed E-state index contributed by atoms with van der Waals surface area (Å²) in [5.41, 5.74) is 0. The maximum absolute atomic E-state index is 13.1. The molecular weight excluding hydrogens is 1270 g/mol. The highest BCUT2D eigenvalue weighted by molar-refractivity contribution is 7.47. The summed E-state index contributed by atoms with van der Waals surface area (Å²) in [6.07, 6.45) is 60.8. The lowest BCUT2D eigenvalue weighted by Crippen LogP contribution is -2.30. The number of aliphatic hydroxyl groups excluding tert-OH is 1. The molecule has 0 saturated carbocycles. The van der Waals surface area contributed by atoms with E-state index in [0.29, 0.717) is 25.7 Å². The Hall–Kier alpha value is -1.94. The number of phosphoric acid groups is 2. The predicted molar refractivity (Wildman–Crippen MR) is 395 cm³/mol. The molecule has 0 fully saturated rings. The van der Waals surface area contributed by atoms with Gasteiger partial charge in [0.15, 0.2) is 12.2 Å². The maximum Gasteiger partial charge on any atom is 0.472 e. The first-order valence-electron chi connectivity index (χ1n) is 40.6. The van der Waals surface area contributed by atoms with Crippen LogP contribution in [0.3, 0.4) is 0 Å². The second-order valence-corrected chi connectivity index (χ2v) is 31.5. The van der Waals surface area contributed by atoms with Gasteiger partial charge in [0.05, 0.1) is 26.4 Å². The molecular formula is C78H152O17P2. The standard InChI is InChI=1S/C78H152O17P2/c1-6-9-12-15-18-21-24-27-30-33-35-41-46-51-56-61-75(80)88-67-73(94-78(83)64-59-54-49-44-37-34-31-28-25-22-19-16-13-10-7-2)69-92-96(84,85)90-65-72(79)66-91-97(86,87)93-70-74(68-89-76(81)62-57-52-47-42-39-38-40-45-50-55-60-71(4)5)95-77(82)63-58-53-48-43-36-32-29-26-23-20-17-14-11-8-3/h71-74,79H,6-70H2,1-5H3,(H,84,85)(H,86,87)/t72-,73-,74-/m1/s1. The highest BCUT2D eigenvalue weighted by atomic mass is 31.2. The Morgan fingerprint density at radius 2 is 0.474 bits per heavy atom. The Morgan fingerprint density at radius 1 is 0.278 bits per heavy atom. The van der Waals surface area contributed by atoms with Crippen LogP contribution in [-0.2, 0) is 65.4 Å². The van der Waals surface area contributed by atoms with Crippen LogP contribution in [-0.4, -0.2) is 96.7 Å². The Balaban J connectivity index is 5.27. The lowest BCUT2D eigenvalue weighted by Gasteiger charge is -2.21. The summed E-state index contributed by atoms with van der Waals surface area (Å²) in [6, 6.07) is 0. The highest BCUT2D eigenvalue weighted by Gasteiger charge is 2.30. The number of ether oxygens (including phenoxy) is 4. The fourth-order valence-corrected chi connectivity index (χ4v) is 13.6. The van der Waals surface area contributed by atoms with Crippen molar-refractivity contribution in [3.8, 4) is 0 Å². The molecule has 97 heavy (non-hydrogen) atoms. The van der Waals surface area contributed by atoms with Gasteiger partial charge in [-0.05, 0) is 31.6 Å². The van der Waals surface area contributed by atoms with Crippen molar-refractivity contribution in [1.29, 1.82) is 0 Å². The Morgan fingerprint density at radius 3 is 0.701 bits per heavy atom. The molecule has 0 aliphatic heterocycles. The van der Waals surface area contributed by atoms with Gasteiger partial charge in [-0.1, -0.05) is 362 Å². The molecule has 17 nitrogen and oxygen atoms in total. The fraction of sp³-hybridized carbons (Fsp3) is 0.949. The van der Waals surface area contributed by atoms with Gasteiger partial charge in [-0.15, -0.1) is 0 Å². The number of carbonyl (C=O) groups excluding carboxylic acids is 4. The second-order valence-electron chi connectivity index (χ2n) is 28.6. The zero-order valence-electron chi connectivity index (χ0n) is 63.2. The van der Waals surface area contributed by atoms with Crippen LogP contribution in [0.4, 0.5) is 0 Å². The SMILES string of the molecule is CCCCCCCCCCCCCCCCCC(=O)OC[C@H](COP(=O)(O)OC[C@@H](O)COP(=O)(O)OC[C@@H](COC(=O)CCCCCCCCCCCCC(C)C)OC(=O)CCCCCCCCCCCCCCCC)OC(=O)CCCCCCCCCCCCCCCCC. The van der Waals surface area contributed by atoms with Gasteiger partial charge in [0.25, 0.3) is 0 Å². The predicted octanol–water partition coefficient (Wildman–Crippen LogP) is 23.3. The van der Waals surface area contributed by atoms with Crippen molar-refractivity contribution in [1.82, 2.24) is 0 Å². The third kappa shape index (κ3) is 72.2. The molecule has 0 radical (unpaired) electrons. The highest BCUT2D eigenvalue weighted by Crippen LogP contribution is 2.45. The summed E-state index contributed by atoms with van der Waals surface area (Å²) in [5.74, 6) is -1.35. The normalized spacial score (nSPS) is 13.9. The smallest absolute Gasteiger partial charge is 0.462 e. The molecule has 0 aromatic heterocycles. The van der Waals surface area contributed by atoms with E-state index in [0.717, 1.165) is 95.8 Å². The molecule has 0 saturated heterocycles. The van der Waals surface area contributed by atoms with E-state index in [1.54, 1.807) is 0 Å². The molecule has 0 aliphatic carbocycles. The van der Waals surface area contributed by atoms with Crippen LogP contribution in [0.2, 0.25) is 0 Å². The van der Waals surface area contributed by atoms with Crippen molar-refractivity contribution in [2.24, 2.45) is 5.92 Å². The minimum atomic E-state index is -4.96.